The van der Waals surface area contributed by atoms with Crippen LogP contribution in [-0.4, -0.2) is 11.9 Å². The molecule has 3 heteroatoms. The maximum Gasteiger partial charge on any atom is 0.252 e. The molecule has 0 heterocycles. The lowest BCUT2D eigenvalue weighted by Crippen LogP contribution is -2.34. The second kappa shape index (κ2) is 4.65. The molecular weight excluding hydrogens is 241 g/mol. The molecule has 0 bridgehead atoms. The zero-order valence-electron chi connectivity index (χ0n) is 10.8. The number of carbonyl (C=O) groups excluding carboxylic acids is 1. The van der Waals surface area contributed by atoms with Gasteiger partial charge in [-0.25, -0.2) is 4.39 Å². The third-order valence-electron chi connectivity index (χ3n) is 3.80. The smallest absolute Gasteiger partial charge is 0.252 e. The Morgan fingerprint density at radius 3 is 2.58 bits per heavy atom. The van der Waals surface area contributed by atoms with E-state index >= 15 is 0 Å². The van der Waals surface area contributed by atoms with Gasteiger partial charge in [-0.2, -0.15) is 0 Å². The highest BCUT2D eigenvalue weighted by Gasteiger charge is 2.29. The summed E-state index contributed by atoms with van der Waals surface area (Å²) in [7, 11) is 0. The Labute approximate surface area is 111 Å². The van der Waals surface area contributed by atoms with Crippen LogP contribution in [0.5, 0.6) is 0 Å². The molecule has 0 radical (unpaired) electrons. The van der Waals surface area contributed by atoms with Crippen molar-refractivity contribution >= 4 is 16.7 Å². The zero-order valence-corrected chi connectivity index (χ0v) is 10.8. The summed E-state index contributed by atoms with van der Waals surface area (Å²) in [6, 6.07) is 10.2. The number of hydrogen-bond donors (Lipinski definition) is 1. The number of hydrogen-bond acceptors (Lipinski definition) is 1. The predicted molar refractivity (Wildman–Crippen MR) is 73.6 cm³/mol. The first-order valence-corrected chi connectivity index (χ1v) is 6.65. The van der Waals surface area contributed by atoms with Gasteiger partial charge in [-0.1, -0.05) is 24.3 Å². The Morgan fingerprint density at radius 1 is 1.21 bits per heavy atom. The van der Waals surface area contributed by atoms with Crippen LogP contribution >= 0.6 is 0 Å². The van der Waals surface area contributed by atoms with E-state index in [1.54, 1.807) is 24.3 Å². The van der Waals surface area contributed by atoms with Gasteiger partial charge in [-0.05, 0) is 43.2 Å². The lowest BCUT2D eigenvalue weighted by molar-refractivity contribution is 0.0937. The number of rotatable bonds is 3. The van der Waals surface area contributed by atoms with Crippen molar-refractivity contribution in [2.24, 2.45) is 5.92 Å². The van der Waals surface area contributed by atoms with E-state index < -0.39 is 0 Å². The zero-order chi connectivity index (χ0) is 13.4. The summed E-state index contributed by atoms with van der Waals surface area (Å²) in [4.78, 5) is 12.3. The lowest BCUT2D eigenvalue weighted by Gasteiger charge is -2.14. The number of fused-ring (bicyclic) bond motifs is 1. The highest BCUT2D eigenvalue weighted by molar-refractivity contribution is 6.07. The van der Waals surface area contributed by atoms with Crippen molar-refractivity contribution < 1.29 is 9.18 Å². The fourth-order valence-electron chi connectivity index (χ4n) is 2.46. The summed E-state index contributed by atoms with van der Waals surface area (Å²) in [5.74, 6) is 0.202. The van der Waals surface area contributed by atoms with Gasteiger partial charge in [0.1, 0.15) is 5.82 Å². The summed E-state index contributed by atoms with van der Waals surface area (Å²) in [6.07, 6.45) is 2.37. The first-order valence-electron chi connectivity index (χ1n) is 6.65. The van der Waals surface area contributed by atoms with Crippen LogP contribution in [0.15, 0.2) is 36.4 Å². The maximum atomic E-state index is 13.7. The van der Waals surface area contributed by atoms with Gasteiger partial charge < -0.3 is 5.32 Å². The minimum Gasteiger partial charge on any atom is -0.349 e. The average Bonchev–Trinajstić information content (AvgIpc) is 3.23. The molecule has 1 amide bonds. The van der Waals surface area contributed by atoms with E-state index in [1.165, 1.54) is 18.9 Å². The van der Waals surface area contributed by atoms with Crippen molar-refractivity contribution in [1.82, 2.24) is 5.32 Å². The first kappa shape index (κ1) is 12.2. The summed E-state index contributed by atoms with van der Waals surface area (Å²) < 4.78 is 13.7. The van der Waals surface area contributed by atoms with E-state index in [4.69, 9.17) is 0 Å². The van der Waals surface area contributed by atoms with Gasteiger partial charge in [0.15, 0.2) is 0 Å². The third kappa shape index (κ3) is 2.33. The molecule has 0 saturated heterocycles. The molecule has 1 unspecified atom stereocenters. The standard InChI is InChI=1S/C16H16FNO/c1-10(11-6-7-11)18-16(19)14-8-9-15(17)13-5-3-2-4-12(13)14/h2-5,8-11H,6-7H2,1H3,(H,18,19). The second-order valence-electron chi connectivity index (χ2n) is 5.24. The van der Waals surface area contributed by atoms with Gasteiger partial charge in [-0.15, -0.1) is 0 Å². The summed E-state index contributed by atoms with van der Waals surface area (Å²) in [5.41, 5.74) is 0.546. The highest BCUT2D eigenvalue weighted by Crippen LogP contribution is 2.32. The van der Waals surface area contributed by atoms with Crippen LogP contribution in [0.2, 0.25) is 0 Å². The predicted octanol–water partition coefficient (Wildman–Crippen LogP) is 3.51. The quantitative estimate of drug-likeness (QED) is 0.895. The lowest BCUT2D eigenvalue weighted by atomic mass is 10.0. The van der Waals surface area contributed by atoms with E-state index in [0.29, 0.717) is 22.3 Å². The molecule has 1 atom stereocenters. The molecule has 1 fully saturated rings. The van der Waals surface area contributed by atoms with Gasteiger partial charge in [0.25, 0.3) is 5.91 Å². The molecule has 0 aliphatic heterocycles. The molecule has 2 aromatic rings. The molecule has 1 aliphatic carbocycles. The topological polar surface area (TPSA) is 29.1 Å². The molecule has 0 spiro atoms. The van der Waals surface area contributed by atoms with E-state index in [-0.39, 0.29) is 17.8 Å². The van der Waals surface area contributed by atoms with E-state index in [0.717, 1.165) is 0 Å². The van der Waals surface area contributed by atoms with Crippen molar-refractivity contribution in [3.05, 3.63) is 47.8 Å². The largest absolute Gasteiger partial charge is 0.349 e. The molecule has 2 aromatic carbocycles. The molecule has 0 aromatic heterocycles. The third-order valence-corrected chi connectivity index (χ3v) is 3.80. The van der Waals surface area contributed by atoms with Crippen molar-refractivity contribution in [2.45, 2.75) is 25.8 Å². The van der Waals surface area contributed by atoms with Crippen molar-refractivity contribution in [2.75, 3.05) is 0 Å². The molecular formula is C16H16FNO. The minimum atomic E-state index is -0.289. The van der Waals surface area contributed by atoms with Gasteiger partial charge in [-0.3, -0.25) is 4.79 Å². The molecule has 1 aliphatic rings. The summed E-state index contributed by atoms with van der Waals surface area (Å²) in [6.45, 7) is 2.03. The van der Waals surface area contributed by atoms with Gasteiger partial charge in [0, 0.05) is 17.0 Å². The molecule has 1 saturated carbocycles. The molecule has 2 nitrogen and oxygen atoms in total. The first-order chi connectivity index (χ1) is 9.16. The van der Waals surface area contributed by atoms with Crippen molar-refractivity contribution in [1.29, 1.82) is 0 Å². The Bertz CT molecular complexity index is 634. The van der Waals surface area contributed by atoms with Crippen molar-refractivity contribution in [3.63, 3.8) is 0 Å². The summed E-state index contributed by atoms with van der Waals surface area (Å²) >= 11 is 0. The van der Waals surface area contributed by atoms with Gasteiger partial charge >= 0.3 is 0 Å². The highest BCUT2D eigenvalue weighted by atomic mass is 19.1. The average molecular weight is 257 g/mol. The number of nitrogens with one attached hydrogen (secondary N) is 1. The Hall–Kier alpha value is -1.90. The monoisotopic (exact) mass is 257 g/mol. The van der Waals surface area contributed by atoms with Crippen LogP contribution in [-0.2, 0) is 0 Å². The molecule has 98 valence electrons. The van der Waals surface area contributed by atoms with E-state index in [2.05, 4.69) is 5.32 Å². The van der Waals surface area contributed by atoms with Crippen LogP contribution in [0, 0.1) is 11.7 Å². The fraction of sp³-hybridized carbons (Fsp3) is 0.312. The fourth-order valence-corrected chi connectivity index (χ4v) is 2.46. The number of amides is 1. The minimum absolute atomic E-state index is 0.115. The van der Waals surface area contributed by atoms with Crippen LogP contribution < -0.4 is 5.32 Å². The van der Waals surface area contributed by atoms with Gasteiger partial charge in [0.2, 0.25) is 0 Å². The SMILES string of the molecule is CC(NC(=O)c1ccc(F)c2ccccc12)C1CC1. The van der Waals surface area contributed by atoms with E-state index in [1.807, 2.05) is 13.0 Å². The summed E-state index contributed by atoms with van der Waals surface area (Å²) in [5, 5.41) is 4.17. The van der Waals surface area contributed by atoms with Crippen LogP contribution in [0.4, 0.5) is 4.39 Å². The van der Waals surface area contributed by atoms with Crippen LogP contribution in [0.1, 0.15) is 30.1 Å². The van der Waals surface area contributed by atoms with Gasteiger partial charge in [0.05, 0.1) is 0 Å². The molecule has 3 rings (SSSR count). The number of carbonyl (C=O) groups is 1. The van der Waals surface area contributed by atoms with E-state index in [9.17, 15) is 9.18 Å². The van der Waals surface area contributed by atoms with Crippen LogP contribution in [0.3, 0.4) is 0 Å². The molecule has 19 heavy (non-hydrogen) atoms. The molecule has 1 N–H and O–H groups in total. The second-order valence-corrected chi connectivity index (χ2v) is 5.24. The normalized spacial score (nSPS) is 16.3. The maximum absolute atomic E-state index is 13.7. The number of halogens is 1. The van der Waals surface area contributed by atoms with Crippen LogP contribution in [0.25, 0.3) is 10.8 Å². The Balaban J connectivity index is 1.95. The Kier molecular flexibility index (Phi) is 2.97. The number of benzene rings is 2. The van der Waals surface area contributed by atoms with Crippen molar-refractivity contribution in [3.8, 4) is 0 Å². The Morgan fingerprint density at radius 2 is 1.89 bits per heavy atom.